The fourth-order valence-electron chi connectivity index (χ4n) is 4.70. The lowest BCUT2D eigenvalue weighted by molar-refractivity contribution is -0.160. The number of benzene rings is 2. The molecular formula is C42H64F3NO15. The fourth-order valence-corrected chi connectivity index (χ4v) is 4.70. The highest BCUT2D eigenvalue weighted by Gasteiger charge is 2.30. The van der Waals surface area contributed by atoms with E-state index in [-0.39, 0.29) is 31.1 Å². The van der Waals surface area contributed by atoms with Gasteiger partial charge in [-0.3, -0.25) is 0 Å². The van der Waals surface area contributed by atoms with Crippen LogP contribution in [0.4, 0.5) is 24.5 Å². The van der Waals surface area contributed by atoms with E-state index in [4.69, 9.17) is 61.6 Å². The third-order valence-corrected chi connectivity index (χ3v) is 7.44. The summed E-state index contributed by atoms with van der Waals surface area (Å²) in [6.45, 7) is 13.7. The number of carbonyl (C=O) groups excluding carboxylic acids is 2. The van der Waals surface area contributed by atoms with E-state index in [9.17, 15) is 22.8 Å². The summed E-state index contributed by atoms with van der Waals surface area (Å²) < 4.78 is 109. The molecule has 2 rings (SSSR count). The van der Waals surface area contributed by atoms with Crippen LogP contribution >= 0.6 is 0 Å². The van der Waals surface area contributed by atoms with Gasteiger partial charge in [-0.05, 0) is 51.1 Å². The zero-order chi connectivity index (χ0) is 44.3. The number of para-hydroxylation sites is 1. The molecule has 2 aromatic carbocycles. The number of carbonyl (C=O) groups is 2. The molecule has 16 nitrogen and oxygen atoms in total. The van der Waals surface area contributed by atoms with Crippen LogP contribution in [0.2, 0.25) is 0 Å². The molecule has 19 heteroatoms. The molecule has 0 fully saturated rings. The summed E-state index contributed by atoms with van der Waals surface area (Å²) in [5, 5.41) is 2.86. The zero-order valence-corrected chi connectivity index (χ0v) is 35.6. The van der Waals surface area contributed by atoms with E-state index in [0.717, 1.165) is 12.1 Å². The van der Waals surface area contributed by atoms with Crippen molar-refractivity contribution in [2.75, 3.05) is 157 Å². The molecule has 0 heterocycles. The number of hydrogen-bond donors (Lipinski definition) is 1. The maximum Gasteiger partial charge on any atom is 0.416 e. The van der Waals surface area contributed by atoms with Crippen LogP contribution in [0.5, 0.6) is 0 Å². The van der Waals surface area contributed by atoms with Gasteiger partial charge in [0.2, 0.25) is 0 Å². The van der Waals surface area contributed by atoms with Gasteiger partial charge in [0.1, 0.15) is 18.8 Å². The van der Waals surface area contributed by atoms with Crippen molar-refractivity contribution in [3.63, 3.8) is 0 Å². The molecule has 0 saturated carbocycles. The lowest BCUT2D eigenvalue weighted by Crippen LogP contribution is -2.27. The molecule has 0 amide bonds. The number of anilines is 2. The third-order valence-electron chi connectivity index (χ3n) is 7.44. The van der Waals surface area contributed by atoms with Gasteiger partial charge in [0.25, 0.3) is 0 Å². The van der Waals surface area contributed by atoms with E-state index in [0.29, 0.717) is 138 Å². The Bertz CT molecular complexity index is 1410. The summed E-state index contributed by atoms with van der Waals surface area (Å²) in [7, 11) is 0. The molecule has 0 aliphatic carbocycles. The van der Waals surface area contributed by atoms with Gasteiger partial charge in [-0.2, -0.15) is 13.2 Å². The number of ether oxygens (including phenoxy) is 13. The molecule has 0 aliphatic rings. The standard InChI is InChI=1S/C42H64F3NO15/c1-41(2,3)61-39(47)34-59-30-29-57-26-25-55-22-21-53-18-17-51-14-13-49-11-12-50-15-16-52-19-20-54-23-24-56-27-28-58-31-32-60-40(48)37-9-4-5-10-38(37)46-36-8-6-7-35(33-36)42(43,44)45/h4-10,33,46H,11-32,34H2,1-3H3. The SMILES string of the molecule is CC(C)(C)OC(=O)COCCOCCOCCOCCOCCOCCOCCOCCOCCOCCOCCOC(=O)c1ccccc1Nc1cccc(C(F)(F)F)c1. The third kappa shape index (κ3) is 30.3. The second-order valence-corrected chi connectivity index (χ2v) is 13.6. The molecule has 61 heavy (non-hydrogen) atoms. The molecule has 0 atom stereocenters. The van der Waals surface area contributed by atoms with Crippen LogP contribution in [0.25, 0.3) is 0 Å². The number of nitrogens with one attached hydrogen (secondary N) is 1. The number of hydrogen-bond acceptors (Lipinski definition) is 16. The van der Waals surface area contributed by atoms with E-state index in [1.165, 1.54) is 18.2 Å². The Morgan fingerprint density at radius 3 is 1.26 bits per heavy atom. The van der Waals surface area contributed by atoms with E-state index in [2.05, 4.69) is 5.32 Å². The maximum atomic E-state index is 13.1. The Morgan fingerprint density at radius 1 is 0.492 bits per heavy atom. The smallest absolute Gasteiger partial charge is 0.416 e. The number of rotatable bonds is 38. The Kier molecular flexibility index (Phi) is 30.0. The average Bonchev–Trinajstić information content (AvgIpc) is 3.21. The zero-order valence-electron chi connectivity index (χ0n) is 35.6. The van der Waals surface area contributed by atoms with E-state index >= 15 is 0 Å². The second kappa shape index (κ2) is 34.1. The Hall–Kier alpha value is -3.47. The van der Waals surface area contributed by atoms with Crippen LogP contribution in [0, 0.1) is 0 Å². The predicted octanol–water partition coefficient (Wildman–Crippen LogP) is 5.13. The molecule has 0 aromatic heterocycles. The van der Waals surface area contributed by atoms with Crippen molar-refractivity contribution in [2.24, 2.45) is 0 Å². The number of alkyl halides is 3. The lowest BCUT2D eigenvalue weighted by atomic mass is 10.1. The summed E-state index contributed by atoms with van der Waals surface area (Å²) in [6, 6.07) is 11.1. The van der Waals surface area contributed by atoms with Gasteiger partial charge in [-0.15, -0.1) is 0 Å². The van der Waals surface area contributed by atoms with Crippen molar-refractivity contribution in [3.8, 4) is 0 Å². The van der Waals surface area contributed by atoms with Crippen LogP contribution in [0.15, 0.2) is 48.5 Å². The highest BCUT2D eigenvalue weighted by Crippen LogP contribution is 2.32. The van der Waals surface area contributed by atoms with Crippen molar-refractivity contribution in [1.29, 1.82) is 0 Å². The van der Waals surface area contributed by atoms with Gasteiger partial charge in [-0.25, -0.2) is 9.59 Å². The van der Waals surface area contributed by atoms with Gasteiger partial charge >= 0.3 is 18.1 Å². The Morgan fingerprint density at radius 2 is 0.869 bits per heavy atom. The topological polar surface area (TPSA) is 166 Å². The van der Waals surface area contributed by atoms with Gasteiger partial charge in [0, 0.05) is 5.69 Å². The van der Waals surface area contributed by atoms with Crippen molar-refractivity contribution < 1.29 is 84.3 Å². The van der Waals surface area contributed by atoms with Crippen LogP contribution in [-0.2, 0) is 72.6 Å². The first kappa shape index (κ1) is 53.7. The van der Waals surface area contributed by atoms with Crippen molar-refractivity contribution in [2.45, 2.75) is 32.5 Å². The second-order valence-electron chi connectivity index (χ2n) is 13.6. The van der Waals surface area contributed by atoms with Gasteiger partial charge in [0.15, 0.2) is 0 Å². The van der Waals surface area contributed by atoms with Crippen LogP contribution in [0.1, 0.15) is 36.7 Å². The van der Waals surface area contributed by atoms with Gasteiger partial charge in [0.05, 0.1) is 156 Å². The van der Waals surface area contributed by atoms with Crippen molar-refractivity contribution >= 4 is 23.3 Å². The summed E-state index contributed by atoms with van der Waals surface area (Å²) in [6.07, 6.45) is -4.48. The van der Waals surface area contributed by atoms with Crippen molar-refractivity contribution in [3.05, 3.63) is 59.7 Å². The summed E-state index contributed by atoms with van der Waals surface area (Å²) in [5.41, 5.74) is -0.637. The Labute approximate surface area is 356 Å². The number of esters is 2. The van der Waals surface area contributed by atoms with E-state index in [1.807, 2.05) is 0 Å². The molecule has 0 unspecified atom stereocenters. The largest absolute Gasteiger partial charge is 0.460 e. The lowest BCUT2D eigenvalue weighted by Gasteiger charge is -2.19. The average molecular weight is 880 g/mol. The van der Waals surface area contributed by atoms with Crippen molar-refractivity contribution in [1.82, 2.24) is 0 Å². The quantitative estimate of drug-likeness (QED) is 0.0697. The highest BCUT2D eigenvalue weighted by molar-refractivity contribution is 5.96. The summed E-state index contributed by atoms with van der Waals surface area (Å²) in [4.78, 5) is 24.1. The molecule has 1 N–H and O–H groups in total. The first-order valence-corrected chi connectivity index (χ1v) is 20.2. The van der Waals surface area contributed by atoms with Crippen LogP contribution < -0.4 is 5.32 Å². The maximum absolute atomic E-state index is 13.1. The summed E-state index contributed by atoms with van der Waals surface area (Å²) >= 11 is 0. The molecule has 2 aromatic rings. The van der Waals surface area contributed by atoms with Crippen LogP contribution in [0.3, 0.4) is 0 Å². The first-order valence-electron chi connectivity index (χ1n) is 20.2. The molecule has 0 radical (unpaired) electrons. The minimum absolute atomic E-state index is 0.00903. The first-order chi connectivity index (χ1) is 29.5. The number of halogens is 3. The molecule has 0 aliphatic heterocycles. The Balaban J connectivity index is 1.25. The minimum Gasteiger partial charge on any atom is -0.460 e. The van der Waals surface area contributed by atoms with Gasteiger partial charge < -0.3 is 66.9 Å². The normalized spacial score (nSPS) is 11.8. The van der Waals surface area contributed by atoms with Crippen LogP contribution in [-0.4, -0.2) is 169 Å². The van der Waals surface area contributed by atoms with E-state index < -0.39 is 29.3 Å². The predicted molar refractivity (Wildman–Crippen MR) is 216 cm³/mol. The molecule has 348 valence electrons. The minimum atomic E-state index is -4.48. The highest BCUT2D eigenvalue weighted by atomic mass is 19.4. The fraction of sp³-hybridized carbons (Fsp3) is 0.667. The summed E-state index contributed by atoms with van der Waals surface area (Å²) in [5.74, 6) is -1.04. The molecule has 0 spiro atoms. The van der Waals surface area contributed by atoms with E-state index in [1.54, 1.807) is 39.0 Å². The molecule has 0 saturated heterocycles. The van der Waals surface area contributed by atoms with Gasteiger partial charge in [-0.1, -0.05) is 18.2 Å². The monoisotopic (exact) mass is 879 g/mol. The molecule has 0 bridgehead atoms. The molecular weight excluding hydrogens is 815 g/mol.